The highest BCUT2D eigenvalue weighted by atomic mass is 19.4. The van der Waals surface area contributed by atoms with E-state index in [2.05, 4.69) is 0 Å². The maximum atomic E-state index is 12.9. The third kappa shape index (κ3) is 5.20. The number of amides is 1. The molecule has 7 heteroatoms. The summed E-state index contributed by atoms with van der Waals surface area (Å²) in [5, 5.41) is 0. The number of esters is 1. The highest BCUT2D eigenvalue weighted by Crippen LogP contribution is 2.30. The van der Waals surface area contributed by atoms with Crippen LogP contribution in [0.3, 0.4) is 0 Å². The van der Waals surface area contributed by atoms with E-state index >= 15 is 0 Å². The standard InChI is InChI=1S/C23H24F3NO3/c1-15-20(4-3-5-21(15)30-16(2)28)22(29)27-12-10-18(11-13-27)14-17-6-8-19(9-7-17)23(24,25)26/h3-9,18H,10-14H2,1-2H3. The quantitative estimate of drug-likeness (QED) is 0.516. The molecule has 1 saturated heterocycles. The smallest absolute Gasteiger partial charge is 0.416 e. The first kappa shape index (κ1) is 21.9. The van der Waals surface area contributed by atoms with Crippen LogP contribution in [0.25, 0.3) is 0 Å². The molecule has 0 saturated carbocycles. The lowest BCUT2D eigenvalue weighted by atomic mass is 9.89. The molecule has 0 N–H and O–H groups in total. The second-order valence-corrected chi connectivity index (χ2v) is 7.66. The molecule has 1 fully saturated rings. The Kier molecular flexibility index (Phi) is 6.48. The van der Waals surface area contributed by atoms with Gasteiger partial charge in [-0.15, -0.1) is 0 Å². The molecular formula is C23H24F3NO3. The van der Waals surface area contributed by atoms with Gasteiger partial charge >= 0.3 is 12.1 Å². The molecule has 2 aromatic carbocycles. The van der Waals surface area contributed by atoms with Gasteiger partial charge in [0.1, 0.15) is 5.75 Å². The van der Waals surface area contributed by atoms with E-state index in [0.29, 0.717) is 42.3 Å². The lowest BCUT2D eigenvalue weighted by molar-refractivity contribution is -0.137. The van der Waals surface area contributed by atoms with E-state index in [4.69, 9.17) is 4.74 Å². The van der Waals surface area contributed by atoms with Crippen molar-refractivity contribution in [3.8, 4) is 5.75 Å². The highest BCUT2D eigenvalue weighted by molar-refractivity contribution is 5.96. The first-order valence-corrected chi connectivity index (χ1v) is 9.88. The Morgan fingerprint density at radius 1 is 1.07 bits per heavy atom. The summed E-state index contributed by atoms with van der Waals surface area (Å²) in [6.07, 6.45) is -2.05. The van der Waals surface area contributed by atoms with Crippen molar-refractivity contribution in [3.63, 3.8) is 0 Å². The summed E-state index contributed by atoms with van der Waals surface area (Å²) in [5.41, 5.74) is 1.37. The molecule has 1 heterocycles. The molecule has 1 aliphatic heterocycles. The van der Waals surface area contributed by atoms with Crippen molar-refractivity contribution in [1.82, 2.24) is 4.90 Å². The summed E-state index contributed by atoms with van der Waals surface area (Å²) in [6.45, 7) is 4.24. The van der Waals surface area contributed by atoms with Crippen LogP contribution in [-0.4, -0.2) is 29.9 Å². The van der Waals surface area contributed by atoms with Crippen molar-refractivity contribution in [2.24, 2.45) is 5.92 Å². The Balaban J connectivity index is 1.59. The van der Waals surface area contributed by atoms with Crippen LogP contribution in [0.2, 0.25) is 0 Å². The van der Waals surface area contributed by atoms with Crippen molar-refractivity contribution in [2.45, 2.75) is 39.3 Å². The third-order valence-corrected chi connectivity index (χ3v) is 5.48. The number of halogens is 3. The average molecular weight is 419 g/mol. The fourth-order valence-corrected chi connectivity index (χ4v) is 3.79. The molecule has 0 unspecified atom stereocenters. The average Bonchev–Trinajstić information content (AvgIpc) is 2.69. The van der Waals surface area contributed by atoms with E-state index in [0.717, 1.165) is 30.5 Å². The van der Waals surface area contributed by atoms with Crippen LogP contribution >= 0.6 is 0 Å². The minimum Gasteiger partial charge on any atom is -0.426 e. The van der Waals surface area contributed by atoms with E-state index in [9.17, 15) is 22.8 Å². The van der Waals surface area contributed by atoms with E-state index in [-0.39, 0.29) is 5.91 Å². The monoisotopic (exact) mass is 419 g/mol. The zero-order chi connectivity index (χ0) is 21.9. The van der Waals surface area contributed by atoms with E-state index < -0.39 is 17.7 Å². The summed E-state index contributed by atoms with van der Waals surface area (Å²) in [4.78, 5) is 25.9. The molecule has 0 aromatic heterocycles. The van der Waals surface area contributed by atoms with E-state index in [1.54, 1.807) is 30.0 Å². The van der Waals surface area contributed by atoms with Gasteiger partial charge in [-0.05, 0) is 61.9 Å². The maximum absolute atomic E-state index is 12.9. The molecular weight excluding hydrogens is 395 g/mol. The Bertz CT molecular complexity index is 914. The van der Waals surface area contributed by atoms with Gasteiger partial charge in [0.15, 0.2) is 0 Å². The van der Waals surface area contributed by atoms with Crippen LogP contribution in [0.1, 0.15) is 46.8 Å². The molecule has 1 aliphatic rings. The number of hydrogen-bond acceptors (Lipinski definition) is 3. The van der Waals surface area contributed by atoms with Gasteiger partial charge in [-0.1, -0.05) is 18.2 Å². The molecule has 160 valence electrons. The third-order valence-electron chi connectivity index (χ3n) is 5.48. The normalized spacial score (nSPS) is 15.2. The summed E-state index contributed by atoms with van der Waals surface area (Å²) < 4.78 is 43.2. The lowest BCUT2D eigenvalue weighted by Crippen LogP contribution is -2.39. The molecule has 4 nitrogen and oxygen atoms in total. The van der Waals surface area contributed by atoms with Crippen molar-refractivity contribution in [3.05, 3.63) is 64.7 Å². The summed E-state index contributed by atoms with van der Waals surface area (Å²) in [7, 11) is 0. The topological polar surface area (TPSA) is 46.6 Å². The van der Waals surface area contributed by atoms with Crippen molar-refractivity contribution in [1.29, 1.82) is 0 Å². The summed E-state index contributed by atoms with van der Waals surface area (Å²) in [6, 6.07) is 10.4. The number of carbonyl (C=O) groups excluding carboxylic acids is 2. The van der Waals surface area contributed by atoms with E-state index in [1.165, 1.54) is 19.1 Å². The summed E-state index contributed by atoms with van der Waals surface area (Å²) >= 11 is 0. The van der Waals surface area contributed by atoms with Crippen LogP contribution in [0.15, 0.2) is 42.5 Å². The number of carbonyl (C=O) groups is 2. The molecule has 30 heavy (non-hydrogen) atoms. The van der Waals surface area contributed by atoms with Gasteiger partial charge in [0.05, 0.1) is 5.56 Å². The van der Waals surface area contributed by atoms with Crippen LogP contribution in [0.5, 0.6) is 5.75 Å². The fraction of sp³-hybridized carbons (Fsp3) is 0.391. The number of likely N-dealkylation sites (tertiary alicyclic amines) is 1. The predicted octanol–water partition coefficient (Wildman–Crippen LogP) is 5.03. The van der Waals surface area contributed by atoms with Gasteiger partial charge in [-0.3, -0.25) is 9.59 Å². The zero-order valence-electron chi connectivity index (χ0n) is 17.0. The lowest BCUT2D eigenvalue weighted by Gasteiger charge is -2.32. The van der Waals surface area contributed by atoms with Crippen molar-refractivity contribution < 1.29 is 27.5 Å². The van der Waals surface area contributed by atoms with Crippen LogP contribution in [0.4, 0.5) is 13.2 Å². The van der Waals surface area contributed by atoms with Crippen LogP contribution in [-0.2, 0) is 17.4 Å². The predicted molar refractivity (Wildman–Crippen MR) is 106 cm³/mol. The minimum absolute atomic E-state index is 0.102. The SMILES string of the molecule is CC(=O)Oc1cccc(C(=O)N2CCC(Cc3ccc(C(F)(F)F)cc3)CC2)c1C. The van der Waals surface area contributed by atoms with Crippen LogP contribution in [0, 0.1) is 12.8 Å². The number of alkyl halides is 3. The number of ether oxygens (including phenoxy) is 1. The Morgan fingerprint density at radius 3 is 2.27 bits per heavy atom. The fourth-order valence-electron chi connectivity index (χ4n) is 3.79. The molecule has 1 amide bonds. The second kappa shape index (κ2) is 8.90. The molecule has 3 rings (SSSR count). The number of benzene rings is 2. The minimum atomic E-state index is -4.32. The number of hydrogen-bond donors (Lipinski definition) is 0. The van der Waals surface area contributed by atoms with Gasteiger partial charge < -0.3 is 9.64 Å². The maximum Gasteiger partial charge on any atom is 0.416 e. The molecule has 0 aliphatic carbocycles. The van der Waals surface area contributed by atoms with Gasteiger partial charge in [0.2, 0.25) is 0 Å². The number of rotatable bonds is 4. The molecule has 2 aromatic rings. The Morgan fingerprint density at radius 2 is 1.70 bits per heavy atom. The molecule has 0 bridgehead atoms. The van der Waals surface area contributed by atoms with Crippen LogP contribution < -0.4 is 4.74 Å². The van der Waals surface area contributed by atoms with Gasteiger partial charge in [-0.2, -0.15) is 13.2 Å². The summed E-state index contributed by atoms with van der Waals surface area (Å²) in [5.74, 6) is 0.158. The second-order valence-electron chi connectivity index (χ2n) is 7.66. The van der Waals surface area contributed by atoms with Gasteiger partial charge in [0, 0.05) is 31.1 Å². The number of nitrogens with zero attached hydrogens (tertiary/aromatic N) is 1. The van der Waals surface area contributed by atoms with Gasteiger partial charge in [0.25, 0.3) is 5.91 Å². The van der Waals surface area contributed by atoms with Gasteiger partial charge in [-0.25, -0.2) is 0 Å². The Labute approximate surface area is 173 Å². The molecule has 0 spiro atoms. The Hall–Kier alpha value is -2.83. The van der Waals surface area contributed by atoms with Crippen molar-refractivity contribution >= 4 is 11.9 Å². The first-order chi connectivity index (χ1) is 14.1. The highest BCUT2D eigenvalue weighted by Gasteiger charge is 2.30. The molecule has 0 radical (unpaired) electrons. The van der Waals surface area contributed by atoms with Crippen molar-refractivity contribution in [2.75, 3.05) is 13.1 Å². The van der Waals surface area contributed by atoms with E-state index in [1.807, 2.05) is 0 Å². The number of piperidine rings is 1. The largest absolute Gasteiger partial charge is 0.426 e. The zero-order valence-corrected chi connectivity index (χ0v) is 17.0. The first-order valence-electron chi connectivity index (χ1n) is 9.88. The molecule has 0 atom stereocenters.